The van der Waals surface area contributed by atoms with Crippen molar-refractivity contribution in [2.75, 3.05) is 23.3 Å². The number of nitrogens with one attached hydrogen (secondary N) is 1. The molecule has 26 heavy (non-hydrogen) atoms. The van der Waals surface area contributed by atoms with Crippen LogP contribution in [0.2, 0.25) is 0 Å². The van der Waals surface area contributed by atoms with Gasteiger partial charge in [0.1, 0.15) is 10.7 Å². The summed E-state index contributed by atoms with van der Waals surface area (Å²) in [6.07, 6.45) is 2.30. The minimum atomic E-state index is -0.331. The molecule has 2 aromatic carbocycles. The van der Waals surface area contributed by atoms with Crippen LogP contribution < -0.4 is 10.2 Å². The number of amides is 1. The Kier molecular flexibility index (Phi) is 4.67. The third kappa shape index (κ3) is 3.46. The summed E-state index contributed by atoms with van der Waals surface area (Å²) in [5, 5.41) is 3.73. The van der Waals surface area contributed by atoms with E-state index in [2.05, 4.69) is 10.2 Å². The Morgan fingerprint density at radius 1 is 1.04 bits per heavy atom. The smallest absolute Gasteiger partial charge is 0.268 e. The number of halogens is 1. The van der Waals surface area contributed by atoms with Gasteiger partial charge in [0, 0.05) is 24.3 Å². The third-order valence-electron chi connectivity index (χ3n) is 4.35. The van der Waals surface area contributed by atoms with Crippen LogP contribution in [0.3, 0.4) is 0 Å². The summed E-state index contributed by atoms with van der Waals surface area (Å²) >= 11 is 1.41. The van der Waals surface area contributed by atoms with Gasteiger partial charge in [0.2, 0.25) is 0 Å². The van der Waals surface area contributed by atoms with Crippen molar-refractivity contribution in [2.24, 2.45) is 0 Å². The van der Waals surface area contributed by atoms with Crippen LogP contribution >= 0.6 is 11.3 Å². The number of benzene rings is 2. The van der Waals surface area contributed by atoms with Crippen LogP contribution in [0.4, 0.5) is 15.2 Å². The molecule has 0 atom stereocenters. The number of carbonyl (C=O) groups is 1. The van der Waals surface area contributed by atoms with Crippen LogP contribution in [0, 0.1) is 5.82 Å². The summed E-state index contributed by atoms with van der Waals surface area (Å²) in [7, 11) is 0. The normalized spacial score (nSPS) is 13.8. The summed E-state index contributed by atoms with van der Waals surface area (Å²) in [5.41, 5.74) is 2.17. The molecule has 0 spiro atoms. The van der Waals surface area contributed by atoms with Crippen molar-refractivity contribution in [3.05, 3.63) is 65.3 Å². The number of hydrogen-bond acceptors (Lipinski definition) is 4. The van der Waals surface area contributed by atoms with E-state index in [1.165, 1.54) is 23.5 Å². The van der Waals surface area contributed by atoms with Crippen LogP contribution in [0.1, 0.15) is 22.5 Å². The van der Waals surface area contributed by atoms with Gasteiger partial charge < -0.3 is 10.2 Å². The first-order valence-electron chi connectivity index (χ1n) is 8.59. The lowest BCUT2D eigenvalue weighted by Crippen LogP contribution is -2.17. The molecular formula is C20H18FN3OS. The van der Waals surface area contributed by atoms with Gasteiger partial charge in [-0.25, -0.2) is 9.37 Å². The van der Waals surface area contributed by atoms with Crippen molar-refractivity contribution in [1.82, 2.24) is 4.98 Å². The molecule has 4 rings (SSSR count). The van der Waals surface area contributed by atoms with Gasteiger partial charge in [0.05, 0.1) is 5.69 Å². The Morgan fingerprint density at radius 2 is 1.73 bits per heavy atom. The second-order valence-corrected chi connectivity index (χ2v) is 7.17. The van der Waals surface area contributed by atoms with Crippen LogP contribution in [0.15, 0.2) is 54.6 Å². The van der Waals surface area contributed by atoms with Crippen molar-refractivity contribution < 1.29 is 9.18 Å². The van der Waals surface area contributed by atoms with Crippen molar-refractivity contribution in [1.29, 1.82) is 0 Å². The highest BCUT2D eigenvalue weighted by Crippen LogP contribution is 2.35. The zero-order valence-corrected chi connectivity index (χ0v) is 14.9. The number of nitrogens with zero attached hydrogens (tertiary/aromatic N) is 2. The van der Waals surface area contributed by atoms with E-state index in [-0.39, 0.29) is 11.7 Å². The zero-order valence-electron chi connectivity index (χ0n) is 14.1. The van der Waals surface area contributed by atoms with Gasteiger partial charge in [-0.15, -0.1) is 0 Å². The van der Waals surface area contributed by atoms with E-state index in [1.807, 2.05) is 30.3 Å². The average Bonchev–Trinajstić information content (AvgIpc) is 3.34. The maximum absolute atomic E-state index is 13.1. The first-order valence-corrected chi connectivity index (χ1v) is 9.40. The van der Waals surface area contributed by atoms with E-state index in [4.69, 9.17) is 4.98 Å². The predicted molar refractivity (Wildman–Crippen MR) is 103 cm³/mol. The SMILES string of the molecule is O=C(Nc1ccc(F)cc1)c1sc(N2CCCC2)nc1-c1ccccc1. The number of hydrogen-bond donors (Lipinski definition) is 1. The van der Waals surface area contributed by atoms with Crippen LogP contribution in [0.5, 0.6) is 0 Å². The fourth-order valence-corrected chi connectivity index (χ4v) is 4.05. The van der Waals surface area contributed by atoms with E-state index in [9.17, 15) is 9.18 Å². The summed E-state index contributed by atoms with van der Waals surface area (Å²) in [6.45, 7) is 1.95. The number of rotatable bonds is 4. The summed E-state index contributed by atoms with van der Waals surface area (Å²) in [4.78, 5) is 20.4. The molecular weight excluding hydrogens is 349 g/mol. The first-order chi connectivity index (χ1) is 12.7. The van der Waals surface area contributed by atoms with Crippen LogP contribution in [0.25, 0.3) is 11.3 Å². The fourth-order valence-electron chi connectivity index (χ4n) is 3.02. The van der Waals surface area contributed by atoms with E-state index in [1.54, 1.807) is 12.1 Å². The lowest BCUT2D eigenvalue weighted by molar-refractivity contribution is 0.103. The topological polar surface area (TPSA) is 45.2 Å². The molecule has 1 saturated heterocycles. The molecule has 3 aromatic rings. The third-order valence-corrected chi connectivity index (χ3v) is 5.46. The molecule has 1 aliphatic rings. The van der Waals surface area contributed by atoms with Gasteiger partial charge in [-0.05, 0) is 37.1 Å². The Labute approximate surface area is 155 Å². The number of carbonyl (C=O) groups excluding carboxylic acids is 1. The molecule has 4 nitrogen and oxygen atoms in total. The molecule has 1 N–H and O–H groups in total. The molecule has 0 aliphatic carbocycles. The van der Waals surface area contributed by atoms with Gasteiger partial charge in [-0.1, -0.05) is 41.7 Å². The van der Waals surface area contributed by atoms with E-state index >= 15 is 0 Å². The van der Waals surface area contributed by atoms with Gasteiger partial charge in [-0.2, -0.15) is 0 Å². The highest BCUT2D eigenvalue weighted by molar-refractivity contribution is 7.18. The van der Waals surface area contributed by atoms with Crippen molar-refractivity contribution in [2.45, 2.75) is 12.8 Å². The number of anilines is 2. The number of aromatic nitrogens is 1. The van der Waals surface area contributed by atoms with E-state index < -0.39 is 0 Å². The summed E-state index contributed by atoms with van der Waals surface area (Å²) < 4.78 is 13.1. The lowest BCUT2D eigenvalue weighted by Gasteiger charge is -2.12. The highest BCUT2D eigenvalue weighted by atomic mass is 32.1. The van der Waals surface area contributed by atoms with Gasteiger partial charge in [0.15, 0.2) is 5.13 Å². The molecule has 0 radical (unpaired) electrons. The van der Waals surface area contributed by atoms with E-state index in [0.717, 1.165) is 36.6 Å². The maximum atomic E-state index is 13.1. The van der Waals surface area contributed by atoms with Gasteiger partial charge in [-0.3, -0.25) is 4.79 Å². The molecule has 1 aromatic heterocycles. The molecule has 1 fully saturated rings. The van der Waals surface area contributed by atoms with Gasteiger partial charge in [0.25, 0.3) is 5.91 Å². The first kappa shape index (κ1) is 16.7. The van der Waals surface area contributed by atoms with Crippen molar-refractivity contribution in [3.8, 4) is 11.3 Å². The van der Waals surface area contributed by atoms with Gasteiger partial charge >= 0.3 is 0 Å². The highest BCUT2D eigenvalue weighted by Gasteiger charge is 2.23. The van der Waals surface area contributed by atoms with Crippen molar-refractivity contribution in [3.63, 3.8) is 0 Å². The Balaban J connectivity index is 1.68. The molecule has 0 unspecified atom stereocenters. The second-order valence-electron chi connectivity index (χ2n) is 6.20. The summed E-state index contributed by atoms with van der Waals surface area (Å²) in [6, 6.07) is 15.5. The molecule has 0 saturated carbocycles. The second kappa shape index (κ2) is 7.25. The summed E-state index contributed by atoms with van der Waals surface area (Å²) in [5.74, 6) is -0.555. The fraction of sp³-hybridized carbons (Fsp3) is 0.200. The van der Waals surface area contributed by atoms with Crippen LogP contribution in [-0.4, -0.2) is 24.0 Å². The molecule has 0 bridgehead atoms. The molecule has 1 amide bonds. The standard InChI is InChI=1S/C20H18FN3OS/c21-15-8-10-16(11-9-15)22-19(25)18-17(14-6-2-1-3-7-14)23-20(26-18)24-12-4-5-13-24/h1-3,6-11H,4-5,12-13H2,(H,22,25). The molecule has 6 heteroatoms. The van der Waals surface area contributed by atoms with E-state index in [0.29, 0.717) is 16.3 Å². The number of thiazole rings is 1. The maximum Gasteiger partial charge on any atom is 0.268 e. The average molecular weight is 367 g/mol. The van der Waals surface area contributed by atoms with Crippen LogP contribution in [-0.2, 0) is 0 Å². The molecule has 1 aliphatic heterocycles. The monoisotopic (exact) mass is 367 g/mol. The quantitative estimate of drug-likeness (QED) is 0.720. The Hall–Kier alpha value is -2.73. The van der Waals surface area contributed by atoms with Crippen molar-refractivity contribution >= 4 is 28.1 Å². The molecule has 2 heterocycles. The predicted octanol–water partition coefficient (Wildman–Crippen LogP) is 4.80. The molecule has 132 valence electrons. The lowest BCUT2D eigenvalue weighted by atomic mass is 10.1. The largest absolute Gasteiger partial charge is 0.348 e. The minimum Gasteiger partial charge on any atom is -0.348 e. The minimum absolute atomic E-state index is 0.224. The Bertz CT molecular complexity index is 903. The Morgan fingerprint density at radius 3 is 2.42 bits per heavy atom. The zero-order chi connectivity index (χ0) is 17.9.